The molecule has 0 unspecified atom stereocenters. The average Bonchev–Trinajstić information content (AvgIpc) is 3.27. The molecule has 0 spiro atoms. The molecule has 3 aromatic carbocycles. The summed E-state index contributed by atoms with van der Waals surface area (Å²) in [6.45, 7) is 0.985. The first-order valence-corrected chi connectivity index (χ1v) is 11.3. The Morgan fingerprint density at radius 2 is 1.65 bits per heavy atom. The van der Waals surface area contributed by atoms with E-state index in [0.717, 1.165) is 16.7 Å². The van der Waals surface area contributed by atoms with E-state index in [9.17, 15) is 10.1 Å². The second kappa shape index (κ2) is 11.1. The zero-order valence-electron chi connectivity index (χ0n) is 18.5. The second-order valence-electron chi connectivity index (χ2n) is 7.78. The third-order valence-corrected chi connectivity index (χ3v) is 5.55. The van der Waals surface area contributed by atoms with E-state index in [4.69, 9.17) is 16.7 Å². The molecule has 1 heterocycles. The Bertz CT molecular complexity index is 1320. The van der Waals surface area contributed by atoms with E-state index in [-0.39, 0.29) is 5.57 Å². The highest BCUT2D eigenvalue weighted by Gasteiger charge is 2.14. The fourth-order valence-electron chi connectivity index (χ4n) is 3.59. The lowest BCUT2D eigenvalue weighted by Crippen LogP contribution is -2.26. The topological polar surface area (TPSA) is 70.7 Å². The first-order valence-electron chi connectivity index (χ1n) is 10.9. The summed E-state index contributed by atoms with van der Waals surface area (Å²) in [7, 11) is 0. The van der Waals surface area contributed by atoms with Crippen molar-refractivity contribution in [1.82, 2.24) is 15.1 Å². The van der Waals surface area contributed by atoms with Crippen LogP contribution < -0.4 is 5.32 Å². The monoisotopic (exact) mass is 466 g/mol. The fraction of sp³-hybridized carbons (Fsp3) is 0.107. The van der Waals surface area contributed by atoms with E-state index in [0.29, 0.717) is 35.8 Å². The van der Waals surface area contributed by atoms with Crippen LogP contribution in [0.5, 0.6) is 0 Å². The highest BCUT2D eigenvalue weighted by molar-refractivity contribution is 6.30. The van der Waals surface area contributed by atoms with Crippen LogP contribution in [0.25, 0.3) is 17.3 Å². The molecule has 0 bridgehead atoms. The Morgan fingerprint density at radius 1 is 0.971 bits per heavy atom. The zero-order valence-corrected chi connectivity index (χ0v) is 19.2. The average molecular weight is 467 g/mol. The Hall–Kier alpha value is -4.14. The number of nitrogens with zero attached hydrogens (tertiary/aromatic N) is 3. The largest absolute Gasteiger partial charge is 0.351 e. The summed E-state index contributed by atoms with van der Waals surface area (Å²) in [4.78, 5) is 12.7. The van der Waals surface area contributed by atoms with Gasteiger partial charge in [0.1, 0.15) is 11.6 Å². The van der Waals surface area contributed by atoms with Crippen molar-refractivity contribution in [2.24, 2.45) is 0 Å². The van der Waals surface area contributed by atoms with Crippen LogP contribution in [-0.2, 0) is 17.8 Å². The number of hydrogen-bond acceptors (Lipinski definition) is 3. The van der Waals surface area contributed by atoms with Gasteiger partial charge in [-0.15, -0.1) is 0 Å². The summed E-state index contributed by atoms with van der Waals surface area (Å²) >= 11 is 6.00. The minimum Gasteiger partial charge on any atom is -0.351 e. The molecule has 0 aliphatic rings. The van der Waals surface area contributed by atoms with Crippen LogP contribution in [0.4, 0.5) is 0 Å². The molecule has 0 saturated heterocycles. The van der Waals surface area contributed by atoms with Crippen molar-refractivity contribution in [2.75, 3.05) is 6.54 Å². The van der Waals surface area contributed by atoms with Crippen LogP contribution in [-0.4, -0.2) is 22.2 Å². The van der Waals surface area contributed by atoms with Gasteiger partial charge in [-0.3, -0.25) is 9.48 Å². The maximum atomic E-state index is 12.7. The highest BCUT2D eigenvalue weighted by atomic mass is 35.5. The van der Waals surface area contributed by atoms with Gasteiger partial charge in [-0.25, -0.2) is 0 Å². The molecule has 0 aliphatic heterocycles. The quantitative estimate of drug-likeness (QED) is 0.274. The predicted molar refractivity (Wildman–Crippen MR) is 135 cm³/mol. The van der Waals surface area contributed by atoms with Crippen molar-refractivity contribution in [3.05, 3.63) is 118 Å². The van der Waals surface area contributed by atoms with Crippen molar-refractivity contribution in [1.29, 1.82) is 5.26 Å². The number of nitriles is 1. The molecule has 1 amide bonds. The lowest BCUT2D eigenvalue weighted by Gasteiger charge is -2.05. The number of aromatic nitrogens is 2. The van der Waals surface area contributed by atoms with Gasteiger partial charge in [-0.1, -0.05) is 84.4 Å². The molecule has 6 heteroatoms. The van der Waals surface area contributed by atoms with E-state index < -0.39 is 5.91 Å². The van der Waals surface area contributed by atoms with Crippen molar-refractivity contribution in [3.63, 3.8) is 0 Å². The Labute approximate surface area is 203 Å². The molecule has 0 radical (unpaired) electrons. The third kappa shape index (κ3) is 6.00. The number of carbonyl (C=O) groups excluding carboxylic acids is 1. The van der Waals surface area contributed by atoms with Gasteiger partial charge in [0.05, 0.1) is 12.2 Å². The molecule has 0 fully saturated rings. The second-order valence-corrected chi connectivity index (χ2v) is 8.22. The molecule has 0 saturated carbocycles. The number of rotatable bonds is 8. The first kappa shape index (κ1) is 23.0. The maximum Gasteiger partial charge on any atom is 0.261 e. The van der Waals surface area contributed by atoms with E-state index in [1.54, 1.807) is 10.8 Å². The number of nitrogens with one attached hydrogen (secondary N) is 1. The Morgan fingerprint density at radius 3 is 2.32 bits per heavy atom. The van der Waals surface area contributed by atoms with Crippen molar-refractivity contribution < 1.29 is 4.79 Å². The fourth-order valence-corrected chi connectivity index (χ4v) is 3.71. The number of amides is 1. The van der Waals surface area contributed by atoms with Gasteiger partial charge >= 0.3 is 0 Å². The van der Waals surface area contributed by atoms with E-state index in [2.05, 4.69) is 5.32 Å². The van der Waals surface area contributed by atoms with Crippen LogP contribution >= 0.6 is 11.6 Å². The first-order chi connectivity index (χ1) is 16.6. The van der Waals surface area contributed by atoms with Crippen LogP contribution in [0, 0.1) is 11.3 Å². The van der Waals surface area contributed by atoms with Gasteiger partial charge in [-0.2, -0.15) is 10.4 Å². The zero-order chi connectivity index (χ0) is 23.8. The van der Waals surface area contributed by atoms with Gasteiger partial charge in [0.25, 0.3) is 5.91 Å². The third-order valence-electron chi connectivity index (χ3n) is 5.30. The van der Waals surface area contributed by atoms with Crippen molar-refractivity contribution in [2.45, 2.75) is 13.0 Å². The summed E-state index contributed by atoms with van der Waals surface area (Å²) in [6.07, 6.45) is 4.15. The molecule has 0 atom stereocenters. The van der Waals surface area contributed by atoms with Gasteiger partial charge in [0.15, 0.2) is 0 Å². The van der Waals surface area contributed by atoms with Gasteiger partial charge in [-0.05, 0) is 35.8 Å². The van der Waals surface area contributed by atoms with Crippen molar-refractivity contribution in [3.8, 4) is 17.3 Å². The smallest absolute Gasteiger partial charge is 0.261 e. The van der Waals surface area contributed by atoms with Gasteiger partial charge in [0.2, 0.25) is 0 Å². The maximum absolute atomic E-state index is 12.7. The number of halogens is 1. The SMILES string of the molecule is N#C/C(=C\c1cn(Cc2ccc(Cl)cc2)nc1-c1ccccc1)C(=O)NCCc1ccccc1. The molecule has 4 rings (SSSR count). The Balaban J connectivity index is 1.57. The van der Waals surface area contributed by atoms with E-state index in [1.165, 1.54) is 0 Å². The minimum absolute atomic E-state index is 0.0382. The molecule has 1 aromatic heterocycles. The summed E-state index contributed by atoms with van der Waals surface area (Å²) in [5, 5.41) is 17.9. The van der Waals surface area contributed by atoms with Gasteiger partial charge in [0, 0.05) is 28.9 Å². The molecule has 34 heavy (non-hydrogen) atoms. The Kier molecular flexibility index (Phi) is 7.54. The normalized spacial score (nSPS) is 11.1. The van der Waals surface area contributed by atoms with Crippen LogP contribution in [0.1, 0.15) is 16.7 Å². The van der Waals surface area contributed by atoms with Crippen LogP contribution in [0.3, 0.4) is 0 Å². The number of carbonyl (C=O) groups is 1. The molecule has 168 valence electrons. The van der Waals surface area contributed by atoms with E-state index >= 15 is 0 Å². The summed E-state index contributed by atoms with van der Waals surface area (Å²) in [5.74, 6) is -0.400. The summed E-state index contributed by atoms with van der Waals surface area (Å²) < 4.78 is 1.81. The van der Waals surface area contributed by atoms with Crippen LogP contribution in [0.15, 0.2) is 96.7 Å². The van der Waals surface area contributed by atoms with Crippen LogP contribution in [0.2, 0.25) is 5.02 Å². The number of hydrogen-bond donors (Lipinski definition) is 1. The van der Waals surface area contributed by atoms with E-state index in [1.807, 2.05) is 97.2 Å². The molecule has 1 N–H and O–H groups in total. The molecular weight excluding hydrogens is 444 g/mol. The summed E-state index contributed by atoms with van der Waals surface area (Å²) in [5.41, 5.74) is 4.53. The lowest BCUT2D eigenvalue weighted by atomic mass is 10.1. The standard InChI is InChI=1S/C28H23ClN4O/c29-26-13-11-22(12-14-26)19-33-20-25(27(32-33)23-9-5-2-6-10-23)17-24(18-30)28(34)31-16-15-21-7-3-1-4-8-21/h1-14,17,20H,15-16,19H2,(H,31,34)/b24-17+. The minimum atomic E-state index is -0.400. The number of benzene rings is 3. The van der Waals surface area contributed by atoms with Gasteiger partial charge < -0.3 is 5.32 Å². The molecular formula is C28H23ClN4O. The predicted octanol–water partition coefficient (Wildman–Crippen LogP) is 5.52. The van der Waals surface area contributed by atoms with Crippen molar-refractivity contribution >= 4 is 23.6 Å². The molecule has 5 nitrogen and oxygen atoms in total. The molecule has 4 aromatic rings. The lowest BCUT2D eigenvalue weighted by molar-refractivity contribution is -0.117. The highest BCUT2D eigenvalue weighted by Crippen LogP contribution is 2.25. The molecule has 0 aliphatic carbocycles. The summed E-state index contributed by atoms with van der Waals surface area (Å²) in [6, 6.07) is 29.2.